The van der Waals surface area contributed by atoms with E-state index < -0.39 is 0 Å². The molecule has 0 bridgehead atoms. The smallest absolute Gasteiger partial charge is 0.247 e. The van der Waals surface area contributed by atoms with E-state index in [1.165, 1.54) is 0 Å². The zero-order valence-corrected chi connectivity index (χ0v) is 7.14. The molecule has 0 amide bonds. The van der Waals surface area contributed by atoms with Crippen molar-refractivity contribution in [1.82, 2.24) is 19.9 Å². The predicted molar refractivity (Wildman–Crippen MR) is 49.4 cm³/mol. The van der Waals surface area contributed by atoms with Crippen LogP contribution in [0.2, 0.25) is 0 Å². The molecule has 0 radical (unpaired) electrons. The molecule has 0 atom stereocenters. The van der Waals surface area contributed by atoms with Gasteiger partial charge in [-0.1, -0.05) is 0 Å². The highest BCUT2D eigenvalue weighted by atomic mass is 16.3. The van der Waals surface area contributed by atoms with Crippen LogP contribution >= 0.6 is 0 Å². The molecule has 5 heteroatoms. The van der Waals surface area contributed by atoms with Crippen LogP contribution in [0, 0.1) is 0 Å². The monoisotopic (exact) mass is 186 g/mol. The zero-order chi connectivity index (χ0) is 9.38. The lowest BCUT2D eigenvalue weighted by Crippen LogP contribution is -1.76. The van der Waals surface area contributed by atoms with Gasteiger partial charge in [0.15, 0.2) is 11.2 Å². The lowest BCUT2D eigenvalue weighted by molar-refractivity contribution is 0.617. The second kappa shape index (κ2) is 2.66. The van der Waals surface area contributed by atoms with Crippen LogP contribution in [0.3, 0.4) is 0 Å². The third-order valence-corrected chi connectivity index (χ3v) is 1.89. The van der Waals surface area contributed by atoms with Crippen LogP contribution < -0.4 is 0 Å². The number of oxazole rings is 1. The van der Waals surface area contributed by atoms with Crippen LogP contribution in [0.1, 0.15) is 0 Å². The average molecular weight is 186 g/mol. The van der Waals surface area contributed by atoms with Crippen molar-refractivity contribution >= 4 is 11.2 Å². The van der Waals surface area contributed by atoms with Gasteiger partial charge in [-0.3, -0.25) is 0 Å². The van der Waals surface area contributed by atoms with E-state index in [2.05, 4.69) is 19.9 Å². The van der Waals surface area contributed by atoms with E-state index in [4.69, 9.17) is 4.42 Å². The molecule has 0 aromatic carbocycles. The number of aromatic amines is 1. The van der Waals surface area contributed by atoms with E-state index in [1.807, 2.05) is 12.1 Å². The van der Waals surface area contributed by atoms with E-state index >= 15 is 0 Å². The van der Waals surface area contributed by atoms with Crippen LogP contribution in [0.15, 0.2) is 35.3 Å². The van der Waals surface area contributed by atoms with Crippen LogP contribution in [0.5, 0.6) is 0 Å². The topological polar surface area (TPSA) is 67.6 Å². The van der Waals surface area contributed by atoms with Gasteiger partial charge in [0.25, 0.3) is 0 Å². The number of imidazole rings is 1. The van der Waals surface area contributed by atoms with Gasteiger partial charge in [0.2, 0.25) is 5.89 Å². The molecule has 0 aliphatic rings. The Hall–Kier alpha value is -2.17. The van der Waals surface area contributed by atoms with Crippen LogP contribution in [0.4, 0.5) is 0 Å². The van der Waals surface area contributed by atoms with Crippen molar-refractivity contribution in [3.8, 4) is 11.6 Å². The summed E-state index contributed by atoms with van der Waals surface area (Å²) in [4.78, 5) is 15.1. The van der Waals surface area contributed by atoms with E-state index in [0.717, 1.165) is 5.69 Å². The number of nitrogens with zero attached hydrogens (tertiary/aromatic N) is 3. The summed E-state index contributed by atoms with van der Waals surface area (Å²) in [6, 6.07) is 3.64. The Morgan fingerprint density at radius 3 is 3.14 bits per heavy atom. The fourth-order valence-corrected chi connectivity index (χ4v) is 1.26. The van der Waals surface area contributed by atoms with E-state index in [9.17, 15) is 0 Å². The standard InChI is InChI=1S/C9H6N4O/c1-2-7-8(11-3-1)13-9(14-7)6-4-10-5-12-6/h1-5H,(H,10,12). The van der Waals surface area contributed by atoms with Crippen LogP contribution in [0.25, 0.3) is 22.8 Å². The molecule has 3 aromatic heterocycles. The van der Waals surface area contributed by atoms with Crippen molar-refractivity contribution in [2.24, 2.45) is 0 Å². The molecule has 0 unspecified atom stereocenters. The molecule has 3 heterocycles. The van der Waals surface area contributed by atoms with Gasteiger partial charge in [0, 0.05) is 6.20 Å². The van der Waals surface area contributed by atoms with Gasteiger partial charge in [-0.15, -0.1) is 0 Å². The highest BCUT2D eigenvalue weighted by molar-refractivity contribution is 5.70. The van der Waals surface area contributed by atoms with Gasteiger partial charge in [0.05, 0.1) is 12.5 Å². The minimum absolute atomic E-state index is 0.510. The van der Waals surface area contributed by atoms with Gasteiger partial charge >= 0.3 is 0 Å². The summed E-state index contributed by atoms with van der Waals surface area (Å²) < 4.78 is 5.47. The maximum atomic E-state index is 5.47. The fourth-order valence-electron chi connectivity index (χ4n) is 1.26. The van der Waals surface area contributed by atoms with E-state index in [-0.39, 0.29) is 0 Å². The van der Waals surface area contributed by atoms with Gasteiger partial charge in [-0.25, -0.2) is 9.97 Å². The quantitative estimate of drug-likeness (QED) is 0.626. The van der Waals surface area contributed by atoms with Crippen molar-refractivity contribution < 1.29 is 4.42 Å². The molecule has 0 saturated heterocycles. The zero-order valence-electron chi connectivity index (χ0n) is 7.14. The number of nitrogens with one attached hydrogen (secondary N) is 1. The summed E-state index contributed by atoms with van der Waals surface area (Å²) in [5, 5.41) is 0. The van der Waals surface area contributed by atoms with Crippen LogP contribution in [-0.4, -0.2) is 19.9 Å². The number of pyridine rings is 1. The Kier molecular flexibility index (Phi) is 1.38. The minimum Gasteiger partial charge on any atom is -0.433 e. The van der Waals surface area contributed by atoms with Crippen molar-refractivity contribution in [2.75, 3.05) is 0 Å². The number of H-pyrrole nitrogens is 1. The lowest BCUT2D eigenvalue weighted by atomic mass is 10.5. The van der Waals surface area contributed by atoms with E-state index in [0.29, 0.717) is 17.1 Å². The number of hydrogen-bond donors (Lipinski definition) is 1. The van der Waals surface area contributed by atoms with Crippen molar-refractivity contribution in [3.63, 3.8) is 0 Å². The van der Waals surface area contributed by atoms with Gasteiger partial charge < -0.3 is 9.40 Å². The largest absolute Gasteiger partial charge is 0.433 e. The molecule has 1 N–H and O–H groups in total. The summed E-state index contributed by atoms with van der Waals surface area (Å²) in [5.74, 6) is 0.510. The summed E-state index contributed by atoms with van der Waals surface area (Å²) in [7, 11) is 0. The molecule has 3 aromatic rings. The second-order valence-electron chi connectivity index (χ2n) is 2.81. The molecule has 5 nitrogen and oxygen atoms in total. The first-order valence-corrected chi connectivity index (χ1v) is 4.14. The second-order valence-corrected chi connectivity index (χ2v) is 2.81. The molecule has 0 saturated carbocycles. The molecule has 0 aliphatic heterocycles. The molecule has 3 rings (SSSR count). The highest BCUT2D eigenvalue weighted by Crippen LogP contribution is 2.19. The van der Waals surface area contributed by atoms with E-state index in [1.54, 1.807) is 18.7 Å². The Balaban J connectivity index is 2.24. The Morgan fingerprint density at radius 2 is 2.36 bits per heavy atom. The van der Waals surface area contributed by atoms with Gasteiger partial charge in [0.1, 0.15) is 5.69 Å². The maximum Gasteiger partial charge on any atom is 0.247 e. The van der Waals surface area contributed by atoms with Gasteiger partial charge in [-0.05, 0) is 12.1 Å². The Labute approximate surface area is 78.8 Å². The number of hydrogen-bond acceptors (Lipinski definition) is 4. The summed E-state index contributed by atoms with van der Waals surface area (Å²) in [6.07, 6.45) is 4.92. The first-order valence-electron chi connectivity index (χ1n) is 4.14. The molecular formula is C9H6N4O. The van der Waals surface area contributed by atoms with Crippen molar-refractivity contribution in [2.45, 2.75) is 0 Å². The third kappa shape index (κ3) is 0.990. The molecule has 0 spiro atoms. The Bertz CT molecular complexity index is 522. The molecule has 14 heavy (non-hydrogen) atoms. The van der Waals surface area contributed by atoms with Crippen LogP contribution in [-0.2, 0) is 0 Å². The maximum absolute atomic E-state index is 5.47. The minimum atomic E-state index is 0.510. The molecular weight excluding hydrogens is 180 g/mol. The Morgan fingerprint density at radius 1 is 1.36 bits per heavy atom. The van der Waals surface area contributed by atoms with Crippen molar-refractivity contribution in [3.05, 3.63) is 30.9 Å². The molecule has 0 fully saturated rings. The molecule has 0 aliphatic carbocycles. The highest BCUT2D eigenvalue weighted by Gasteiger charge is 2.08. The molecule has 68 valence electrons. The van der Waals surface area contributed by atoms with Gasteiger partial charge in [-0.2, -0.15) is 4.98 Å². The fraction of sp³-hybridized carbons (Fsp3) is 0. The summed E-state index contributed by atoms with van der Waals surface area (Å²) in [6.45, 7) is 0. The lowest BCUT2D eigenvalue weighted by Gasteiger charge is -1.84. The number of rotatable bonds is 1. The first-order chi connectivity index (χ1) is 6.93. The summed E-state index contributed by atoms with van der Waals surface area (Å²) in [5.41, 5.74) is 2.04. The SMILES string of the molecule is c1cnc2nc(-c3cnc[nH]3)oc2c1. The average Bonchev–Trinajstić information content (AvgIpc) is 2.86. The number of fused-ring (bicyclic) bond motifs is 1. The van der Waals surface area contributed by atoms with Crippen molar-refractivity contribution in [1.29, 1.82) is 0 Å². The normalized spacial score (nSPS) is 10.9. The predicted octanol–water partition coefficient (Wildman–Crippen LogP) is 1.61. The first kappa shape index (κ1) is 7.25. The third-order valence-electron chi connectivity index (χ3n) is 1.89. The summed E-state index contributed by atoms with van der Waals surface area (Å²) >= 11 is 0. The number of aromatic nitrogens is 4.